The van der Waals surface area contributed by atoms with Gasteiger partial charge < -0.3 is 24.6 Å². The fourth-order valence-electron chi connectivity index (χ4n) is 3.05. The Kier molecular flexibility index (Phi) is 4.47. The highest BCUT2D eigenvalue weighted by atomic mass is 16.6. The number of anilines is 2. The summed E-state index contributed by atoms with van der Waals surface area (Å²) in [5.41, 5.74) is 1.50. The molecule has 25 heavy (non-hydrogen) atoms. The first-order chi connectivity index (χ1) is 11.6. The number of hydrogen-bond donors (Lipinski definition) is 1. The molecule has 0 aliphatic carbocycles. The molecule has 0 bridgehead atoms. The standard InChI is InChI=1S/C19H29N3O3/c1-18(2,3)25-17(23)22-10-8-21(9-11-22)14-6-7-15-16(12-14)24-19(4,5)13-20-15/h6-7,12,20H,8-11,13H2,1-5H3. The lowest BCUT2D eigenvalue weighted by Crippen LogP contribution is -2.50. The summed E-state index contributed by atoms with van der Waals surface area (Å²) in [4.78, 5) is 16.2. The van der Waals surface area contributed by atoms with Crippen molar-refractivity contribution in [3.8, 4) is 5.75 Å². The van der Waals surface area contributed by atoms with E-state index >= 15 is 0 Å². The molecule has 1 aromatic carbocycles. The molecular weight excluding hydrogens is 318 g/mol. The van der Waals surface area contributed by atoms with Gasteiger partial charge >= 0.3 is 6.09 Å². The molecule has 2 heterocycles. The largest absolute Gasteiger partial charge is 0.484 e. The lowest BCUT2D eigenvalue weighted by atomic mass is 10.1. The van der Waals surface area contributed by atoms with E-state index in [-0.39, 0.29) is 11.7 Å². The number of piperazine rings is 1. The summed E-state index contributed by atoms with van der Waals surface area (Å²) in [6.45, 7) is 13.5. The second kappa shape index (κ2) is 6.32. The van der Waals surface area contributed by atoms with E-state index in [0.717, 1.165) is 36.8 Å². The van der Waals surface area contributed by atoms with Crippen LogP contribution in [0.15, 0.2) is 18.2 Å². The summed E-state index contributed by atoms with van der Waals surface area (Å²) >= 11 is 0. The van der Waals surface area contributed by atoms with Gasteiger partial charge in [-0.3, -0.25) is 0 Å². The average molecular weight is 347 g/mol. The molecule has 1 saturated heterocycles. The SMILES string of the molecule is CC(C)(C)OC(=O)N1CCN(c2ccc3c(c2)OC(C)(C)CN3)CC1. The predicted molar refractivity (Wildman–Crippen MR) is 99.7 cm³/mol. The van der Waals surface area contributed by atoms with Gasteiger partial charge in [0.05, 0.1) is 12.2 Å². The maximum atomic E-state index is 12.2. The van der Waals surface area contributed by atoms with Crippen LogP contribution in [0.3, 0.4) is 0 Å². The maximum absolute atomic E-state index is 12.2. The Morgan fingerprint density at radius 3 is 2.52 bits per heavy atom. The van der Waals surface area contributed by atoms with Gasteiger partial charge in [-0.1, -0.05) is 0 Å². The molecule has 6 heteroatoms. The molecule has 3 rings (SSSR count). The third kappa shape index (κ3) is 4.30. The van der Waals surface area contributed by atoms with Gasteiger partial charge in [0.1, 0.15) is 17.0 Å². The molecule has 1 amide bonds. The minimum atomic E-state index is -0.455. The van der Waals surface area contributed by atoms with E-state index in [9.17, 15) is 4.79 Å². The second-order valence-corrected chi connectivity index (χ2v) is 8.35. The Morgan fingerprint density at radius 1 is 1.20 bits per heavy atom. The molecule has 6 nitrogen and oxygen atoms in total. The highest BCUT2D eigenvalue weighted by molar-refractivity contribution is 5.69. The van der Waals surface area contributed by atoms with Gasteiger partial charge in [0.25, 0.3) is 0 Å². The number of fused-ring (bicyclic) bond motifs is 1. The first-order valence-electron chi connectivity index (χ1n) is 8.93. The first-order valence-corrected chi connectivity index (χ1v) is 8.93. The van der Waals surface area contributed by atoms with E-state index in [1.165, 1.54) is 0 Å². The van der Waals surface area contributed by atoms with Crippen LogP contribution >= 0.6 is 0 Å². The van der Waals surface area contributed by atoms with Crippen LogP contribution in [-0.4, -0.2) is 54.9 Å². The van der Waals surface area contributed by atoms with Gasteiger partial charge in [-0.25, -0.2) is 4.79 Å². The molecule has 0 spiro atoms. The summed E-state index contributed by atoms with van der Waals surface area (Å²) < 4.78 is 11.5. The molecule has 0 aromatic heterocycles. The Balaban J connectivity index is 1.63. The van der Waals surface area contributed by atoms with Crippen molar-refractivity contribution in [3.05, 3.63) is 18.2 Å². The normalized spacial score (nSPS) is 19.6. The Morgan fingerprint density at radius 2 is 1.88 bits per heavy atom. The minimum Gasteiger partial charge on any atom is -0.484 e. The Bertz CT molecular complexity index is 644. The molecule has 138 valence electrons. The summed E-state index contributed by atoms with van der Waals surface area (Å²) in [6.07, 6.45) is -0.230. The average Bonchev–Trinajstić information content (AvgIpc) is 2.52. The monoisotopic (exact) mass is 347 g/mol. The lowest BCUT2D eigenvalue weighted by Gasteiger charge is -2.38. The van der Waals surface area contributed by atoms with Gasteiger partial charge in [0.2, 0.25) is 0 Å². The number of amides is 1. The van der Waals surface area contributed by atoms with Crippen LogP contribution in [0.1, 0.15) is 34.6 Å². The summed E-state index contributed by atoms with van der Waals surface area (Å²) in [6, 6.07) is 6.27. The number of nitrogens with one attached hydrogen (secondary N) is 1. The number of carbonyl (C=O) groups is 1. The van der Waals surface area contributed by atoms with Crippen molar-refractivity contribution in [2.24, 2.45) is 0 Å². The summed E-state index contributed by atoms with van der Waals surface area (Å²) in [5, 5.41) is 3.41. The van der Waals surface area contributed by atoms with Crippen LogP contribution in [0.2, 0.25) is 0 Å². The Hall–Kier alpha value is -2.11. The second-order valence-electron chi connectivity index (χ2n) is 8.35. The van der Waals surface area contributed by atoms with Crippen LogP contribution in [0, 0.1) is 0 Å². The zero-order chi connectivity index (χ0) is 18.2. The van der Waals surface area contributed by atoms with Crippen molar-refractivity contribution in [2.75, 3.05) is 42.9 Å². The van der Waals surface area contributed by atoms with Gasteiger partial charge in [-0.15, -0.1) is 0 Å². The molecule has 0 radical (unpaired) electrons. The maximum Gasteiger partial charge on any atom is 0.410 e. The zero-order valence-corrected chi connectivity index (χ0v) is 15.9. The van der Waals surface area contributed by atoms with E-state index in [4.69, 9.17) is 9.47 Å². The van der Waals surface area contributed by atoms with Gasteiger partial charge in [0.15, 0.2) is 0 Å². The number of benzene rings is 1. The third-order valence-corrected chi connectivity index (χ3v) is 4.35. The molecule has 2 aliphatic rings. The molecule has 1 fully saturated rings. The van der Waals surface area contributed by atoms with Gasteiger partial charge in [-0.05, 0) is 46.8 Å². The van der Waals surface area contributed by atoms with Crippen LogP contribution in [0.4, 0.5) is 16.2 Å². The number of carbonyl (C=O) groups excluding carboxylic acids is 1. The van der Waals surface area contributed by atoms with Crippen LogP contribution in [-0.2, 0) is 4.74 Å². The molecule has 2 aliphatic heterocycles. The van der Waals surface area contributed by atoms with Gasteiger partial charge in [-0.2, -0.15) is 0 Å². The number of rotatable bonds is 1. The smallest absolute Gasteiger partial charge is 0.410 e. The van der Waals surface area contributed by atoms with Crippen LogP contribution in [0.25, 0.3) is 0 Å². The molecule has 0 atom stereocenters. The van der Waals surface area contributed by atoms with Crippen molar-refractivity contribution in [1.82, 2.24) is 4.90 Å². The topological polar surface area (TPSA) is 54.0 Å². The zero-order valence-electron chi connectivity index (χ0n) is 15.9. The van der Waals surface area contributed by atoms with Gasteiger partial charge in [0, 0.05) is 37.9 Å². The van der Waals surface area contributed by atoms with E-state index in [0.29, 0.717) is 13.1 Å². The van der Waals surface area contributed by atoms with Crippen LogP contribution < -0.4 is 15.0 Å². The highest BCUT2D eigenvalue weighted by Gasteiger charge is 2.28. The van der Waals surface area contributed by atoms with E-state index < -0.39 is 5.60 Å². The Labute approximate surface area is 150 Å². The predicted octanol–water partition coefficient (Wildman–Crippen LogP) is 3.33. The summed E-state index contributed by atoms with van der Waals surface area (Å²) in [7, 11) is 0. The lowest BCUT2D eigenvalue weighted by molar-refractivity contribution is 0.0240. The first kappa shape index (κ1) is 17.7. The quantitative estimate of drug-likeness (QED) is 0.844. The molecule has 0 saturated carbocycles. The van der Waals surface area contributed by atoms with Crippen molar-refractivity contribution >= 4 is 17.5 Å². The van der Waals surface area contributed by atoms with E-state index in [1.807, 2.05) is 20.8 Å². The summed E-state index contributed by atoms with van der Waals surface area (Å²) in [5.74, 6) is 0.892. The van der Waals surface area contributed by atoms with Crippen molar-refractivity contribution in [3.63, 3.8) is 0 Å². The number of hydrogen-bond acceptors (Lipinski definition) is 5. The third-order valence-electron chi connectivity index (χ3n) is 4.35. The van der Waals surface area contributed by atoms with Crippen molar-refractivity contribution < 1.29 is 14.3 Å². The fraction of sp³-hybridized carbons (Fsp3) is 0.632. The van der Waals surface area contributed by atoms with Crippen molar-refractivity contribution in [1.29, 1.82) is 0 Å². The molecule has 1 N–H and O–H groups in total. The van der Waals surface area contributed by atoms with E-state index in [2.05, 4.69) is 42.3 Å². The van der Waals surface area contributed by atoms with E-state index in [1.54, 1.807) is 4.90 Å². The van der Waals surface area contributed by atoms with Crippen LogP contribution in [0.5, 0.6) is 5.75 Å². The molecular formula is C19H29N3O3. The molecule has 0 unspecified atom stereocenters. The van der Waals surface area contributed by atoms with Crippen molar-refractivity contribution in [2.45, 2.75) is 45.8 Å². The minimum absolute atomic E-state index is 0.207. The fourth-order valence-corrected chi connectivity index (χ4v) is 3.05. The number of nitrogens with zero attached hydrogens (tertiary/aromatic N) is 2. The highest BCUT2D eigenvalue weighted by Crippen LogP contribution is 2.36. The number of ether oxygens (including phenoxy) is 2. The molecule has 1 aromatic rings.